The van der Waals surface area contributed by atoms with Gasteiger partial charge in [0.05, 0.1) is 4.90 Å². The first-order valence-corrected chi connectivity index (χ1v) is 6.90. The third-order valence-corrected chi connectivity index (χ3v) is 4.96. The molecule has 0 spiro atoms. The predicted molar refractivity (Wildman–Crippen MR) is 62.6 cm³/mol. The van der Waals surface area contributed by atoms with Gasteiger partial charge in [-0.2, -0.15) is 4.31 Å². The van der Waals surface area contributed by atoms with Crippen LogP contribution < -0.4 is 5.32 Å². The van der Waals surface area contributed by atoms with E-state index in [0.29, 0.717) is 6.54 Å². The fraction of sp³-hybridized carbons (Fsp3) is 0.455. The number of nitrogens with zero attached hydrogens (tertiary/aromatic N) is 1. The molecule has 0 radical (unpaired) electrons. The lowest BCUT2D eigenvalue weighted by Crippen LogP contribution is -2.38. The van der Waals surface area contributed by atoms with Crippen molar-refractivity contribution in [1.82, 2.24) is 9.62 Å². The summed E-state index contributed by atoms with van der Waals surface area (Å²) in [4.78, 5) is 0.133. The molecule has 2 rings (SSSR count). The topological polar surface area (TPSA) is 49.4 Å². The van der Waals surface area contributed by atoms with Crippen molar-refractivity contribution in [1.29, 1.82) is 0 Å². The van der Waals surface area contributed by atoms with Crippen molar-refractivity contribution < 1.29 is 12.8 Å². The number of hydrogen-bond donors (Lipinski definition) is 1. The van der Waals surface area contributed by atoms with E-state index in [4.69, 9.17) is 0 Å². The summed E-state index contributed by atoms with van der Waals surface area (Å²) < 4.78 is 38.5. The molecule has 0 amide bonds. The molecule has 4 nitrogen and oxygen atoms in total. The normalized spacial score (nSPS) is 21.0. The monoisotopic (exact) mass is 258 g/mol. The Labute approximate surface area is 100 Å². The van der Waals surface area contributed by atoms with Gasteiger partial charge in [-0.05, 0) is 37.2 Å². The quantitative estimate of drug-likeness (QED) is 0.873. The first kappa shape index (κ1) is 12.5. The van der Waals surface area contributed by atoms with Crippen molar-refractivity contribution in [3.8, 4) is 0 Å². The van der Waals surface area contributed by atoms with E-state index >= 15 is 0 Å². The highest BCUT2D eigenvalue weighted by Gasteiger charge is 2.29. The Morgan fingerprint density at radius 3 is 2.53 bits per heavy atom. The van der Waals surface area contributed by atoms with Crippen LogP contribution in [0.2, 0.25) is 0 Å². The van der Waals surface area contributed by atoms with Crippen molar-refractivity contribution in [2.75, 3.05) is 20.1 Å². The van der Waals surface area contributed by atoms with Crippen LogP contribution in [0.4, 0.5) is 4.39 Å². The number of hydrogen-bond acceptors (Lipinski definition) is 3. The smallest absolute Gasteiger partial charge is 0.243 e. The van der Waals surface area contributed by atoms with Crippen molar-refractivity contribution >= 4 is 10.0 Å². The zero-order valence-electron chi connectivity index (χ0n) is 9.56. The van der Waals surface area contributed by atoms with E-state index in [1.54, 1.807) is 7.05 Å². The van der Waals surface area contributed by atoms with Crippen LogP contribution in [0.25, 0.3) is 0 Å². The second-order valence-corrected chi connectivity index (χ2v) is 6.12. The third-order valence-electron chi connectivity index (χ3n) is 3.04. The van der Waals surface area contributed by atoms with Crippen LogP contribution in [-0.4, -0.2) is 38.9 Å². The molecule has 0 aliphatic carbocycles. The van der Waals surface area contributed by atoms with E-state index in [2.05, 4.69) is 5.32 Å². The number of likely N-dealkylation sites (N-methyl/N-ethyl adjacent to an activating group) is 1. The lowest BCUT2D eigenvalue weighted by Gasteiger charge is -2.23. The highest BCUT2D eigenvalue weighted by atomic mass is 32.2. The van der Waals surface area contributed by atoms with Gasteiger partial charge in [0.15, 0.2) is 0 Å². The molecule has 6 heteroatoms. The van der Waals surface area contributed by atoms with Gasteiger partial charge < -0.3 is 5.32 Å². The van der Waals surface area contributed by atoms with Crippen LogP contribution in [-0.2, 0) is 10.0 Å². The summed E-state index contributed by atoms with van der Waals surface area (Å²) in [6.45, 7) is 1.49. The van der Waals surface area contributed by atoms with Gasteiger partial charge in [-0.1, -0.05) is 0 Å². The summed E-state index contributed by atoms with van der Waals surface area (Å²) in [6.07, 6.45) is 0.803. The average Bonchev–Trinajstić information content (AvgIpc) is 2.82. The van der Waals surface area contributed by atoms with Crippen molar-refractivity contribution in [2.24, 2.45) is 0 Å². The zero-order chi connectivity index (χ0) is 12.5. The Kier molecular flexibility index (Phi) is 3.46. The van der Waals surface area contributed by atoms with E-state index in [1.807, 2.05) is 0 Å². The second-order valence-electron chi connectivity index (χ2n) is 4.12. The molecular weight excluding hydrogens is 243 g/mol. The molecule has 1 aromatic carbocycles. The van der Waals surface area contributed by atoms with Crippen LogP contribution in [0.15, 0.2) is 29.2 Å². The minimum absolute atomic E-state index is 0.0231. The van der Waals surface area contributed by atoms with E-state index in [1.165, 1.54) is 16.4 Å². The minimum atomic E-state index is -3.51. The molecule has 1 aromatic rings. The number of sulfonamides is 1. The van der Waals surface area contributed by atoms with Crippen LogP contribution in [0.1, 0.15) is 6.42 Å². The SMILES string of the molecule is CN(C1CCNC1)S(=O)(=O)c1ccc(F)cc1. The maximum Gasteiger partial charge on any atom is 0.243 e. The van der Waals surface area contributed by atoms with Gasteiger partial charge in [0.2, 0.25) is 10.0 Å². The number of rotatable bonds is 3. The molecule has 0 aromatic heterocycles. The second kappa shape index (κ2) is 4.72. The average molecular weight is 258 g/mol. The molecule has 1 aliphatic heterocycles. The molecule has 1 atom stereocenters. The Morgan fingerprint density at radius 1 is 1.35 bits per heavy atom. The highest BCUT2D eigenvalue weighted by molar-refractivity contribution is 7.89. The van der Waals surface area contributed by atoms with Crippen molar-refractivity contribution in [2.45, 2.75) is 17.4 Å². The van der Waals surface area contributed by atoms with E-state index < -0.39 is 15.8 Å². The Bertz CT molecular complexity index is 481. The summed E-state index contributed by atoms with van der Waals surface area (Å²) in [5.74, 6) is -0.436. The molecule has 1 saturated heterocycles. The fourth-order valence-electron chi connectivity index (χ4n) is 1.92. The van der Waals surface area contributed by atoms with Crippen molar-refractivity contribution in [3.05, 3.63) is 30.1 Å². The molecule has 94 valence electrons. The number of benzene rings is 1. The molecule has 0 saturated carbocycles. The lowest BCUT2D eigenvalue weighted by molar-refractivity contribution is 0.387. The number of halogens is 1. The minimum Gasteiger partial charge on any atom is -0.315 e. The molecule has 1 aliphatic rings. The van der Waals surface area contributed by atoms with E-state index in [0.717, 1.165) is 25.1 Å². The van der Waals surface area contributed by atoms with Crippen LogP contribution in [0, 0.1) is 5.82 Å². The van der Waals surface area contributed by atoms with Gasteiger partial charge in [-0.15, -0.1) is 0 Å². The van der Waals surface area contributed by atoms with Crippen molar-refractivity contribution in [3.63, 3.8) is 0 Å². The highest BCUT2D eigenvalue weighted by Crippen LogP contribution is 2.19. The van der Waals surface area contributed by atoms with E-state index in [-0.39, 0.29) is 10.9 Å². The van der Waals surface area contributed by atoms with Gasteiger partial charge in [-0.3, -0.25) is 0 Å². The standard InChI is InChI=1S/C11H15FN2O2S/c1-14(10-6-7-13-8-10)17(15,16)11-4-2-9(12)3-5-11/h2-5,10,13H,6-8H2,1H3. The first-order chi connectivity index (χ1) is 8.01. The fourth-order valence-corrected chi connectivity index (χ4v) is 3.30. The Hall–Kier alpha value is -0.980. The zero-order valence-corrected chi connectivity index (χ0v) is 10.4. The first-order valence-electron chi connectivity index (χ1n) is 5.46. The molecule has 17 heavy (non-hydrogen) atoms. The van der Waals surface area contributed by atoms with Gasteiger partial charge in [0.1, 0.15) is 5.82 Å². The molecular formula is C11H15FN2O2S. The predicted octanol–water partition coefficient (Wildman–Crippen LogP) is 0.808. The molecule has 1 unspecified atom stereocenters. The summed E-state index contributed by atoms with van der Waals surface area (Å²) in [5.41, 5.74) is 0. The lowest BCUT2D eigenvalue weighted by atomic mass is 10.3. The maximum atomic E-state index is 12.8. The van der Waals surface area contributed by atoms with Gasteiger partial charge in [0.25, 0.3) is 0 Å². The largest absolute Gasteiger partial charge is 0.315 e. The molecule has 1 heterocycles. The van der Waals surface area contributed by atoms with Gasteiger partial charge >= 0.3 is 0 Å². The van der Waals surface area contributed by atoms with E-state index in [9.17, 15) is 12.8 Å². The molecule has 0 bridgehead atoms. The molecule has 1 N–H and O–H groups in total. The summed E-state index contributed by atoms with van der Waals surface area (Å²) in [7, 11) is -1.95. The van der Waals surface area contributed by atoms with Gasteiger partial charge in [-0.25, -0.2) is 12.8 Å². The van der Waals surface area contributed by atoms with Crippen LogP contribution in [0.5, 0.6) is 0 Å². The Balaban J connectivity index is 2.26. The number of nitrogens with one attached hydrogen (secondary N) is 1. The maximum absolute atomic E-state index is 12.8. The van der Waals surface area contributed by atoms with Crippen LogP contribution >= 0.6 is 0 Å². The Morgan fingerprint density at radius 2 is 2.00 bits per heavy atom. The molecule has 1 fully saturated rings. The summed E-state index contributed by atoms with van der Waals surface area (Å²) in [6, 6.07) is 4.89. The summed E-state index contributed by atoms with van der Waals surface area (Å²) in [5, 5.41) is 3.12. The third kappa shape index (κ3) is 2.48. The van der Waals surface area contributed by atoms with Crippen LogP contribution in [0.3, 0.4) is 0 Å². The summed E-state index contributed by atoms with van der Waals surface area (Å²) >= 11 is 0. The van der Waals surface area contributed by atoms with Gasteiger partial charge in [0, 0.05) is 19.6 Å².